The Bertz CT molecular complexity index is 450. The lowest BCUT2D eigenvalue weighted by molar-refractivity contribution is 0.0684. The van der Waals surface area contributed by atoms with Gasteiger partial charge in [0.25, 0.3) is 0 Å². The van der Waals surface area contributed by atoms with Gasteiger partial charge in [0.1, 0.15) is 0 Å². The van der Waals surface area contributed by atoms with Crippen LogP contribution >= 0.6 is 0 Å². The second-order valence-corrected chi connectivity index (χ2v) is 9.48. The lowest BCUT2D eigenvalue weighted by atomic mass is 9.79. The predicted octanol–water partition coefficient (Wildman–Crippen LogP) is 1.69. The lowest BCUT2D eigenvalue weighted by Crippen LogP contribution is -2.48. The van der Waals surface area contributed by atoms with Crippen LogP contribution in [0.15, 0.2) is 0 Å². The predicted molar refractivity (Wildman–Crippen MR) is 71.1 cm³/mol. The van der Waals surface area contributed by atoms with E-state index in [9.17, 15) is 8.42 Å². The zero-order valence-corrected chi connectivity index (χ0v) is 11.8. The van der Waals surface area contributed by atoms with E-state index >= 15 is 0 Å². The van der Waals surface area contributed by atoms with Crippen molar-refractivity contribution < 1.29 is 8.42 Å². The van der Waals surface area contributed by atoms with Gasteiger partial charge in [0.15, 0.2) is 9.84 Å². The third kappa shape index (κ3) is 1.92. The second-order valence-electron chi connectivity index (χ2n) is 7.30. The summed E-state index contributed by atoms with van der Waals surface area (Å²) in [5.41, 5.74) is 0.129. The van der Waals surface area contributed by atoms with E-state index in [1.54, 1.807) is 0 Å². The van der Waals surface area contributed by atoms with Crippen molar-refractivity contribution in [3.05, 3.63) is 0 Å². The molecule has 2 aliphatic carbocycles. The Kier molecular flexibility index (Phi) is 2.42. The number of rotatable bonds is 1. The molecule has 3 nitrogen and oxygen atoms in total. The minimum absolute atomic E-state index is 0.129. The van der Waals surface area contributed by atoms with E-state index in [1.165, 1.54) is 32.2 Å². The van der Waals surface area contributed by atoms with Crippen molar-refractivity contribution in [2.75, 3.05) is 24.6 Å². The number of likely N-dealkylation sites (tertiary alicyclic amines) is 1. The first-order valence-electron chi connectivity index (χ1n) is 7.50. The van der Waals surface area contributed by atoms with Crippen LogP contribution in [0.3, 0.4) is 0 Å². The average Bonchev–Trinajstić information content (AvgIpc) is 2.81. The van der Waals surface area contributed by atoms with Crippen molar-refractivity contribution in [3.63, 3.8) is 0 Å². The highest BCUT2D eigenvalue weighted by molar-refractivity contribution is 7.91. The van der Waals surface area contributed by atoms with Crippen LogP contribution in [0.1, 0.15) is 38.5 Å². The fourth-order valence-corrected chi connectivity index (χ4v) is 7.04. The van der Waals surface area contributed by atoms with E-state index in [4.69, 9.17) is 0 Å². The Balaban J connectivity index is 1.47. The van der Waals surface area contributed by atoms with Crippen LogP contribution in [0.5, 0.6) is 0 Å². The molecule has 0 aromatic heterocycles. The molecule has 2 saturated carbocycles. The maximum Gasteiger partial charge on any atom is 0.150 e. The molecule has 2 aliphatic heterocycles. The van der Waals surface area contributed by atoms with Crippen LogP contribution < -0.4 is 0 Å². The smallest absolute Gasteiger partial charge is 0.150 e. The Morgan fingerprint density at radius 2 is 1.83 bits per heavy atom. The summed E-state index contributed by atoms with van der Waals surface area (Å²) in [6.45, 7) is 2.28. The molecule has 4 rings (SSSR count). The lowest BCUT2D eigenvalue weighted by Gasteiger charge is -2.43. The number of hydrogen-bond acceptors (Lipinski definition) is 3. The summed E-state index contributed by atoms with van der Waals surface area (Å²) < 4.78 is 23.5. The number of hydrogen-bond donors (Lipinski definition) is 0. The molecule has 4 atom stereocenters. The van der Waals surface area contributed by atoms with Gasteiger partial charge in [-0.3, -0.25) is 4.90 Å². The first kappa shape index (κ1) is 11.7. The van der Waals surface area contributed by atoms with Crippen molar-refractivity contribution in [2.24, 2.45) is 17.3 Å². The minimum Gasteiger partial charge on any atom is -0.300 e. The molecule has 102 valence electrons. The average molecular weight is 269 g/mol. The molecule has 4 aliphatic rings. The Morgan fingerprint density at radius 3 is 2.50 bits per heavy atom. The highest BCUT2D eigenvalue weighted by atomic mass is 32.2. The SMILES string of the molecule is O=S1(=O)CC[C@]2(CCCN(C3C[C@@H]4C[C@@H]4C3)C2)C1. The fourth-order valence-electron chi connectivity index (χ4n) is 4.84. The minimum atomic E-state index is -2.73. The Labute approximate surface area is 110 Å². The van der Waals surface area contributed by atoms with Gasteiger partial charge in [0, 0.05) is 12.6 Å². The topological polar surface area (TPSA) is 37.4 Å². The van der Waals surface area contributed by atoms with Crippen LogP contribution in [0.4, 0.5) is 0 Å². The Morgan fingerprint density at radius 1 is 1.06 bits per heavy atom. The normalized spacial score (nSPS) is 50.6. The first-order chi connectivity index (χ1) is 8.55. The highest BCUT2D eigenvalue weighted by Crippen LogP contribution is 2.54. The van der Waals surface area contributed by atoms with Crippen molar-refractivity contribution in [3.8, 4) is 0 Å². The maximum atomic E-state index is 11.8. The van der Waals surface area contributed by atoms with Gasteiger partial charge in [-0.1, -0.05) is 0 Å². The first-order valence-corrected chi connectivity index (χ1v) is 9.32. The number of fused-ring (bicyclic) bond motifs is 1. The molecule has 0 N–H and O–H groups in total. The van der Waals surface area contributed by atoms with E-state index in [0.717, 1.165) is 37.3 Å². The van der Waals surface area contributed by atoms with Gasteiger partial charge >= 0.3 is 0 Å². The van der Waals surface area contributed by atoms with E-state index in [-0.39, 0.29) is 5.41 Å². The fraction of sp³-hybridized carbons (Fsp3) is 1.00. The quantitative estimate of drug-likeness (QED) is 0.727. The molecule has 0 aromatic carbocycles. The zero-order chi connectivity index (χ0) is 12.4. The third-order valence-electron chi connectivity index (χ3n) is 5.90. The molecule has 18 heavy (non-hydrogen) atoms. The number of piperidine rings is 1. The third-order valence-corrected chi connectivity index (χ3v) is 7.77. The van der Waals surface area contributed by atoms with E-state index < -0.39 is 9.84 Å². The van der Waals surface area contributed by atoms with Crippen LogP contribution in [0.2, 0.25) is 0 Å². The molecule has 4 heteroatoms. The van der Waals surface area contributed by atoms with E-state index in [1.807, 2.05) is 0 Å². The summed E-state index contributed by atoms with van der Waals surface area (Å²) in [7, 11) is -2.73. The van der Waals surface area contributed by atoms with Crippen LogP contribution in [0.25, 0.3) is 0 Å². The summed E-state index contributed by atoms with van der Waals surface area (Å²) in [6.07, 6.45) is 7.54. The maximum absolute atomic E-state index is 11.8. The molecule has 0 aromatic rings. The summed E-state index contributed by atoms with van der Waals surface area (Å²) in [5.74, 6) is 2.97. The monoisotopic (exact) mass is 269 g/mol. The second kappa shape index (κ2) is 3.72. The molecule has 2 saturated heterocycles. The van der Waals surface area contributed by atoms with Gasteiger partial charge in [-0.05, 0) is 62.3 Å². The van der Waals surface area contributed by atoms with Gasteiger partial charge in [0.2, 0.25) is 0 Å². The van der Waals surface area contributed by atoms with Gasteiger partial charge in [0.05, 0.1) is 11.5 Å². The van der Waals surface area contributed by atoms with Crippen molar-refractivity contribution >= 4 is 9.84 Å². The van der Waals surface area contributed by atoms with E-state index in [2.05, 4.69) is 4.90 Å². The summed E-state index contributed by atoms with van der Waals surface area (Å²) in [4.78, 5) is 2.65. The summed E-state index contributed by atoms with van der Waals surface area (Å²) in [5, 5.41) is 0. The summed E-state index contributed by atoms with van der Waals surface area (Å²) >= 11 is 0. The highest BCUT2D eigenvalue weighted by Gasteiger charge is 2.50. The van der Waals surface area contributed by atoms with Gasteiger partial charge in [-0.15, -0.1) is 0 Å². The molecule has 1 unspecified atom stereocenters. The molecule has 2 heterocycles. The standard InChI is InChI=1S/C14H23NO2S/c16-18(17)5-3-14(10-18)2-1-4-15(9-14)13-7-11-6-12(11)8-13/h11-13H,1-10H2/t11-,12+,13?,14-/m0/s1. The molecular formula is C14H23NO2S. The van der Waals surface area contributed by atoms with Gasteiger partial charge < -0.3 is 0 Å². The van der Waals surface area contributed by atoms with Gasteiger partial charge in [-0.25, -0.2) is 8.42 Å². The van der Waals surface area contributed by atoms with Crippen LogP contribution in [-0.2, 0) is 9.84 Å². The molecule has 0 radical (unpaired) electrons. The molecular weight excluding hydrogens is 246 g/mol. The summed E-state index contributed by atoms with van der Waals surface area (Å²) in [6, 6.07) is 0.786. The van der Waals surface area contributed by atoms with Crippen molar-refractivity contribution in [1.29, 1.82) is 0 Å². The van der Waals surface area contributed by atoms with Crippen molar-refractivity contribution in [1.82, 2.24) is 4.90 Å². The largest absolute Gasteiger partial charge is 0.300 e. The zero-order valence-electron chi connectivity index (χ0n) is 11.0. The van der Waals surface area contributed by atoms with Crippen molar-refractivity contribution in [2.45, 2.75) is 44.6 Å². The molecule has 0 amide bonds. The number of sulfone groups is 1. The van der Waals surface area contributed by atoms with Gasteiger partial charge in [-0.2, -0.15) is 0 Å². The van der Waals surface area contributed by atoms with E-state index in [0.29, 0.717) is 11.5 Å². The molecule has 0 bridgehead atoms. The Hall–Kier alpha value is -0.0900. The van der Waals surface area contributed by atoms with Crippen LogP contribution in [0, 0.1) is 17.3 Å². The van der Waals surface area contributed by atoms with Crippen LogP contribution in [-0.4, -0.2) is 44.0 Å². The molecule has 1 spiro atoms. The number of nitrogens with zero attached hydrogens (tertiary/aromatic N) is 1. The molecule has 4 fully saturated rings.